The highest BCUT2D eigenvalue weighted by Crippen LogP contribution is 1.86. The van der Waals surface area contributed by atoms with Crippen molar-refractivity contribution in [2.45, 2.75) is 13.8 Å². The van der Waals surface area contributed by atoms with Crippen LogP contribution in [0.2, 0.25) is 0 Å². The summed E-state index contributed by atoms with van der Waals surface area (Å²) in [5.74, 6) is 0. The predicted molar refractivity (Wildman–Crippen MR) is 51.9 cm³/mol. The fourth-order valence-electron chi connectivity index (χ4n) is 1.18. The Morgan fingerprint density at radius 2 is 2.33 bits per heavy atom. The van der Waals surface area contributed by atoms with Crippen molar-refractivity contribution in [2.24, 2.45) is 7.05 Å². The number of imidazole rings is 1. The van der Waals surface area contributed by atoms with E-state index in [1.165, 1.54) is 0 Å². The van der Waals surface area contributed by atoms with Crippen LogP contribution in [0.4, 0.5) is 0 Å². The van der Waals surface area contributed by atoms with Crippen LogP contribution in [-0.2, 0) is 7.05 Å². The summed E-state index contributed by atoms with van der Waals surface area (Å²) >= 11 is 0. The first-order valence-corrected chi connectivity index (χ1v) is 3.97. The molecular formula is C10H14N2. The first-order chi connectivity index (χ1) is 5.70. The van der Waals surface area contributed by atoms with Gasteiger partial charge in [0, 0.05) is 7.05 Å². The molecule has 0 unspecified atom stereocenters. The lowest BCUT2D eigenvalue weighted by Gasteiger charge is -1.88. The summed E-state index contributed by atoms with van der Waals surface area (Å²) in [7, 11) is 1.99. The average molecular weight is 162 g/mol. The van der Waals surface area contributed by atoms with E-state index < -0.39 is 0 Å². The Balaban J connectivity index is 3.67. The molecule has 1 heterocycles. The van der Waals surface area contributed by atoms with Gasteiger partial charge in [0.15, 0.2) is 0 Å². The highest BCUT2D eigenvalue weighted by molar-refractivity contribution is 5.51. The van der Waals surface area contributed by atoms with Gasteiger partial charge in [-0.3, -0.25) is 0 Å². The van der Waals surface area contributed by atoms with Gasteiger partial charge in [0.05, 0.1) is 17.0 Å². The van der Waals surface area contributed by atoms with E-state index in [0.717, 1.165) is 16.3 Å². The molecule has 0 saturated carbocycles. The number of rotatable bonds is 1. The van der Waals surface area contributed by atoms with Crippen molar-refractivity contribution in [1.82, 2.24) is 9.55 Å². The molecule has 0 atom stereocenters. The van der Waals surface area contributed by atoms with Gasteiger partial charge in [0.25, 0.3) is 0 Å². The van der Waals surface area contributed by atoms with Crippen molar-refractivity contribution in [3.63, 3.8) is 0 Å². The molecule has 2 nitrogen and oxygen atoms in total. The Morgan fingerprint density at radius 1 is 1.67 bits per heavy atom. The molecular weight excluding hydrogens is 148 g/mol. The van der Waals surface area contributed by atoms with E-state index in [4.69, 9.17) is 0 Å². The summed E-state index contributed by atoms with van der Waals surface area (Å²) < 4.78 is 2.00. The Morgan fingerprint density at radius 3 is 2.83 bits per heavy atom. The first kappa shape index (κ1) is 8.78. The van der Waals surface area contributed by atoms with Gasteiger partial charge in [-0.2, -0.15) is 0 Å². The third kappa shape index (κ3) is 1.33. The maximum absolute atomic E-state index is 4.28. The number of nitrogens with zero attached hydrogens (tertiary/aromatic N) is 2. The Kier molecular flexibility index (Phi) is 2.48. The van der Waals surface area contributed by atoms with Crippen molar-refractivity contribution in [1.29, 1.82) is 0 Å². The summed E-state index contributed by atoms with van der Waals surface area (Å²) in [6.07, 6.45) is 5.70. The zero-order valence-corrected chi connectivity index (χ0v) is 7.83. The van der Waals surface area contributed by atoms with Gasteiger partial charge >= 0.3 is 0 Å². The molecule has 0 spiro atoms. The topological polar surface area (TPSA) is 17.8 Å². The minimum Gasteiger partial charge on any atom is -0.334 e. The molecule has 0 aliphatic heterocycles. The molecule has 0 amide bonds. The zero-order valence-electron chi connectivity index (χ0n) is 7.83. The van der Waals surface area contributed by atoms with Gasteiger partial charge in [-0.05, 0) is 19.4 Å². The third-order valence-corrected chi connectivity index (χ3v) is 1.94. The number of hydrogen-bond donors (Lipinski definition) is 0. The molecule has 0 aliphatic rings. The fraction of sp³-hybridized carbons (Fsp3) is 0.300. The lowest BCUT2D eigenvalue weighted by atomic mass is 10.3. The predicted octanol–water partition coefficient (Wildman–Crippen LogP) is 0.577. The van der Waals surface area contributed by atoms with Gasteiger partial charge in [0.2, 0.25) is 0 Å². The maximum Gasteiger partial charge on any atom is 0.0955 e. The molecule has 0 N–H and O–H groups in total. The minimum absolute atomic E-state index is 1.02. The molecule has 0 fully saturated rings. The van der Waals surface area contributed by atoms with Crippen LogP contribution < -0.4 is 10.7 Å². The highest BCUT2D eigenvalue weighted by Gasteiger charge is 1.93. The molecule has 12 heavy (non-hydrogen) atoms. The first-order valence-electron chi connectivity index (χ1n) is 3.97. The molecule has 0 aromatic carbocycles. The van der Waals surface area contributed by atoms with Gasteiger partial charge in [0.1, 0.15) is 0 Å². The van der Waals surface area contributed by atoms with Gasteiger partial charge in [-0.1, -0.05) is 18.7 Å². The van der Waals surface area contributed by atoms with Crippen molar-refractivity contribution < 1.29 is 0 Å². The van der Waals surface area contributed by atoms with Crippen LogP contribution in [0, 0.1) is 0 Å². The van der Waals surface area contributed by atoms with E-state index in [9.17, 15) is 0 Å². The van der Waals surface area contributed by atoms with Gasteiger partial charge in [-0.25, -0.2) is 4.98 Å². The minimum atomic E-state index is 1.02. The molecule has 64 valence electrons. The summed E-state index contributed by atoms with van der Waals surface area (Å²) in [6.45, 7) is 7.75. The summed E-state index contributed by atoms with van der Waals surface area (Å²) in [5.41, 5.74) is 1.11. The normalized spacial score (nSPS) is 14.8. The van der Waals surface area contributed by atoms with Crippen molar-refractivity contribution >= 4 is 11.6 Å². The van der Waals surface area contributed by atoms with Crippen molar-refractivity contribution in [2.75, 3.05) is 0 Å². The molecule has 0 saturated heterocycles. The Hall–Kier alpha value is -1.31. The Bertz CT molecular complexity index is 396. The second kappa shape index (κ2) is 3.39. The van der Waals surface area contributed by atoms with E-state index in [-0.39, 0.29) is 0 Å². The second-order valence-electron chi connectivity index (χ2n) is 2.77. The number of allylic oxidation sites excluding steroid dienone is 1. The van der Waals surface area contributed by atoms with Crippen LogP contribution in [0.5, 0.6) is 0 Å². The average Bonchev–Trinajstić information content (AvgIpc) is 2.45. The van der Waals surface area contributed by atoms with E-state index in [1.807, 2.05) is 37.9 Å². The van der Waals surface area contributed by atoms with Crippen LogP contribution >= 0.6 is 0 Å². The third-order valence-electron chi connectivity index (χ3n) is 1.94. The summed E-state index contributed by atoms with van der Waals surface area (Å²) in [4.78, 5) is 4.28. The lowest BCUT2D eigenvalue weighted by Crippen LogP contribution is -2.29. The van der Waals surface area contributed by atoms with E-state index in [2.05, 4.69) is 17.6 Å². The van der Waals surface area contributed by atoms with Crippen LogP contribution in [-0.4, -0.2) is 9.55 Å². The largest absolute Gasteiger partial charge is 0.334 e. The maximum atomic E-state index is 4.28. The molecule has 2 heteroatoms. The number of hydrogen-bond acceptors (Lipinski definition) is 1. The van der Waals surface area contributed by atoms with Gasteiger partial charge in [-0.15, -0.1) is 0 Å². The molecule has 0 radical (unpaired) electrons. The van der Waals surface area contributed by atoms with E-state index >= 15 is 0 Å². The fourth-order valence-corrected chi connectivity index (χ4v) is 1.18. The van der Waals surface area contributed by atoms with Crippen LogP contribution in [0.3, 0.4) is 0 Å². The van der Waals surface area contributed by atoms with Crippen LogP contribution in [0.15, 0.2) is 19.0 Å². The number of aryl methyl sites for hydroxylation is 1. The number of aromatic nitrogens is 2. The van der Waals surface area contributed by atoms with Crippen LogP contribution in [0.1, 0.15) is 13.8 Å². The lowest BCUT2D eigenvalue weighted by molar-refractivity contribution is 0.880. The molecule has 1 aromatic heterocycles. The van der Waals surface area contributed by atoms with Crippen LogP contribution in [0.25, 0.3) is 11.6 Å². The molecule has 0 aliphatic carbocycles. The molecule has 0 bridgehead atoms. The second-order valence-corrected chi connectivity index (χ2v) is 2.77. The SMILES string of the molecule is C=CC(C)=c1ncn(C)c1=CC. The van der Waals surface area contributed by atoms with E-state index in [1.54, 1.807) is 0 Å². The van der Waals surface area contributed by atoms with Crippen molar-refractivity contribution in [3.8, 4) is 0 Å². The quantitative estimate of drug-likeness (QED) is 0.590. The zero-order chi connectivity index (χ0) is 9.14. The monoisotopic (exact) mass is 162 g/mol. The molecule has 1 rings (SSSR count). The van der Waals surface area contributed by atoms with Crippen molar-refractivity contribution in [3.05, 3.63) is 29.7 Å². The summed E-state index contributed by atoms with van der Waals surface area (Å²) in [6, 6.07) is 0. The summed E-state index contributed by atoms with van der Waals surface area (Å²) in [5, 5.41) is 2.17. The Labute approximate surface area is 72.6 Å². The highest BCUT2D eigenvalue weighted by atomic mass is 15.0. The van der Waals surface area contributed by atoms with Gasteiger partial charge < -0.3 is 4.57 Å². The standard InChI is InChI=1S/C10H14N2/c1-5-8(3)10-9(6-2)12(4)7-11-10/h5-7H,1H2,2-4H3. The smallest absolute Gasteiger partial charge is 0.0955 e. The van der Waals surface area contributed by atoms with E-state index in [0.29, 0.717) is 0 Å². The molecule has 1 aromatic rings.